The molecule has 0 aromatic carbocycles. The monoisotopic (exact) mass is 950 g/mol. The van der Waals surface area contributed by atoms with E-state index in [0.717, 1.165) is 91.0 Å². The van der Waals surface area contributed by atoms with Gasteiger partial charge in [-0.25, -0.2) is 0 Å². The van der Waals surface area contributed by atoms with Crippen molar-refractivity contribution < 1.29 is 19.6 Å². The van der Waals surface area contributed by atoms with Gasteiger partial charge in [-0.2, -0.15) is 0 Å². The number of rotatable bonds is 19. The van der Waals surface area contributed by atoms with Crippen LogP contribution in [0.4, 0.5) is 0 Å². The van der Waals surface area contributed by atoms with Crippen molar-refractivity contribution in [2.24, 2.45) is 86.8 Å². The lowest BCUT2D eigenvalue weighted by Gasteiger charge is -2.58. The molecule has 0 bridgehead atoms. The molecule has 0 radical (unpaired) electrons. The van der Waals surface area contributed by atoms with Gasteiger partial charge in [0.25, 0.3) is 6.47 Å². The lowest BCUT2D eigenvalue weighted by Crippen LogP contribution is -2.51. The molecule has 0 aromatic heterocycles. The average molecular weight is 951 g/mol. The van der Waals surface area contributed by atoms with E-state index in [1.165, 1.54) is 148 Å². The molecule has 6 saturated carbocycles. The molecule has 4 N–H and O–H groups in total. The van der Waals surface area contributed by atoms with E-state index in [1.807, 2.05) is 33.5 Å². The van der Waals surface area contributed by atoms with Gasteiger partial charge in [0.2, 0.25) is 0 Å². The first-order valence-corrected chi connectivity index (χ1v) is 29.5. The number of carboxylic acid groups (broad SMARTS) is 1. The van der Waals surface area contributed by atoms with E-state index in [-0.39, 0.29) is 12.6 Å². The summed E-state index contributed by atoms with van der Waals surface area (Å²) in [5, 5.41) is 13.4. The second-order valence-electron chi connectivity index (χ2n) is 25.7. The average Bonchev–Trinajstić information content (AvgIpc) is 3.83. The standard InChI is InChI=1S/C56H96N2O2.C2H7N.C2H6.CH2O2/c1-39(2)13-9-11-15-42-20-25-49-47-24-19-45-37-41(27-31-55(45,7)51(47)28-32-53(42,49)5)30-34-57-35-36-59-58-60-46-22-17-44-18-23-48-50-26-21-43(16-12-10-14-40(3)4)54(50,6)33-29-52(48)56(44,8)38-46;1-3-2;1-2;2-1-3/h18-19,39-43,46-52,57-58H,9-17,20-38H2,1-8H3;3H,1-2H3;1-2H3;1H,(H,2,3)/t41?,42?,43?,46?,47?,48?,49?,50?,51?,52?,53?,54?,55?,56-;;;/m1.../s1. The van der Waals surface area contributed by atoms with Crippen LogP contribution in [-0.4, -0.2) is 51.5 Å². The Balaban J connectivity index is 0.00000101. The van der Waals surface area contributed by atoms with Gasteiger partial charge in [0.15, 0.2) is 0 Å². The highest BCUT2D eigenvalue weighted by Crippen LogP contribution is 2.69. The summed E-state index contributed by atoms with van der Waals surface area (Å²) in [5.74, 6) is 10.00. The topological polar surface area (TPSA) is 91.9 Å². The fourth-order valence-electron chi connectivity index (χ4n) is 17.6. The Morgan fingerprint density at radius 1 is 0.676 bits per heavy atom. The van der Waals surface area contributed by atoms with Crippen molar-refractivity contribution in [2.45, 2.75) is 236 Å². The lowest BCUT2D eigenvalue weighted by molar-refractivity contribution is -0.210. The van der Waals surface area contributed by atoms with Gasteiger partial charge in [0, 0.05) is 6.54 Å². The van der Waals surface area contributed by atoms with Crippen LogP contribution in [0.2, 0.25) is 0 Å². The van der Waals surface area contributed by atoms with Crippen LogP contribution < -0.4 is 16.3 Å². The first-order valence-electron chi connectivity index (χ1n) is 29.5. The maximum Gasteiger partial charge on any atom is 0.290 e. The second-order valence-corrected chi connectivity index (χ2v) is 25.7. The van der Waals surface area contributed by atoms with Gasteiger partial charge >= 0.3 is 0 Å². The van der Waals surface area contributed by atoms with Crippen LogP contribution in [0.1, 0.15) is 230 Å². The van der Waals surface area contributed by atoms with E-state index in [4.69, 9.17) is 19.6 Å². The van der Waals surface area contributed by atoms with Crippen molar-refractivity contribution in [3.63, 3.8) is 0 Å². The number of hydrogen-bond acceptors (Lipinski definition) is 6. The van der Waals surface area contributed by atoms with E-state index in [9.17, 15) is 0 Å². The number of unbranched alkanes of at least 4 members (excludes halogenated alkanes) is 2. The quantitative estimate of drug-likeness (QED) is 0.0444. The molecule has 0 aromatic rings. The van der Waals surface area contributed by atoms with E-state index < -0.39 is 0 Å². The number of nitrogens with one attached hydrogen (secondary N) is 3. The van der Waals surface area contributed by atoms with Crippen molar-refractivity contribution in [3.8, 4) is 0 Å². The fraction of sp³-hybridized carbons (Fsp3) is 0.918. The molecular formula is C61H111N3O4. The highest BCUT2D eigenvalue weighted by Gasteiger charge is 2.60. The maximum atomic E-state index is 8.36. The fourth-order valence-corrected chi connectivity index (χ4v) is 17.6. The molecular weight excluding hydrogens is 839 g/mol. The van der Waals surface area contributed by atoms with Gasteiger partial charge in [-0.05, 0) is 229 Å². The molecule has 6 fully saturated rings. The minimum atomic E-state index is -0.250. The summed E-state index contributed by atoms with van der Waals surface area (Å²) in [6, 6.07) is 0. The van der Waals surface area contributed by atoms with Gasteiger partial charge in [-0.15, -0.1) is 0 Å². The molecule has 0 heterocycles. The van der Waals surface area contributed by atoms with Crippen molar-refractivity contribution in [3.05, 3.63) is 23.3 Å². The van der Waals surface area contributed by atoms with Gasteiger partial charge in [-0.3, -0.25) is 14.5 Å². The zero-order valence-electron chi connectivity index (χ0n) is 46.6. The third kappa shape index (κ3) is 13.5. The third-order valence-electron chi connectivity index (χ3n) is 21.2. The summed E-state index contributed by atoms with van der Waals surface area (Å²) in [7, 11) is 3.75. The van der Waals surface area contributed by atoms with Crippen molar-refractivity contribution in [1.29, 1.82) is 0 Å². The Bertz CT molecular complexity index is 1550. The van der Waals surface area contributed by atoms with Crippen LogP contribution in [0.5, 0.6) is 0 Å². The normalized spacial score (nSPS) is 38.9. The summed E-state index contributed by atoms with van der Waals surface area (Å²) in [6.07, 6.45) is 40.9. The van der Waals surface area contributed by atoms with E-state index in [2.05, 4.69) is 83.8 Å². The number of hydrogen-bond donors (Lipinski definition) is 4. The molecule has 8 rings (SSSR count). The molecule has 13 unspecified atom stereocenters. The summed E-state index contributed by atoms with van der Waals surface area (Å²) in [6.45, 7) is 26.7. The van der Waals surface area contributed by atoms with Crippen LogP contribution >= 0.6 is 0 Å². The molecule has 7 heteroatoms. The van der Waals surface area contributed by atoms with Gasteiger partial charge in [0.05, 0.1) is 12.7 Å². The summed E-state index contributed by atoms with van der Waals surface area (Å²) in [5.41, 5.74) is 8.56. The van der Waals surface area contributed by atoms with Crippen LogP contribution in [0.15, 0.2) is 23.3 Å². The minimum Gasteiger partial charge on any atom is -0.483 e. The van der Waals surface area contributed by atoms with Gasteiger partial charge in [-0.1, -0.05) is 137 Å². The second kappa shape index (κ2) is 27.2. The Hall–Kier alpha value is -1.25. The molecule has 14 atom stereocenters. The van der Waals surface area contributed by atoms with Gasteiger partial charge < -0.3 is 15.7 Å². The predicted octanol–water partition coefficient (Wildman–Crippen LogP) is 15.6. The Morgan fingerprint density at radius 3 is 1.75 bits per heavy atom. The molecule has 0 spiro atoms. The number of carbonyl (C=O) groups is 1. The van der Waals surface area contributed by atoms with Crippen LogP contribution in [0, 0.1) is 86.8 Å². The molecule has 0 saturated heterocycles. The lowest BCUT2D eigenvalue weighted by atomic mass is 9.47. The Kier molecular flexibility index (Phi) is 23.0. The molecule has 0 amide bonds. The summed E-state index contributed by atoms with van der Waals surface area (Å²) < 4.78 is 0. The Labute approximate surface area is 420 Å². The highest BCUT2D eigenvalue weighted by atomic mass is 16.9. The van der Waals surface area contributed by atoms with Crippen LogP contribution in [0.25, 0.3) is 0 Å². The smallest absolute Gasteiger partial charge is 0.290 e. The summed E-state index contributed by atoms with van der Waals surface area (Å²) >= 11 is 0. The zero-order chi connectivity index (χ0) is 49.5. The largest absolute Gasteiger partial charge is 0.483 e. The van der Waals surface area contributed by atoms with Gasteiger partial charge in [0.1, 0.15) is 0 Å². The van der Waals surface area contributed by atoms with Crippen molar-refractivity contribution in [1.82, 2.24) is 16.3 Å². The molecule has 0 aliphatic heterocycles. The first-order chi connectivity index (χ1) is 32.7. The molecule has 394 valence electrons. The summed E-state index contributed by atoms with van der Waals surface area (Å²) in [4.78, 5) is 20.6. The van der Waals surface area contributed by atoms with E-state index >= 15 is 0 Å². The number of fused-ring (bicyclic) bond motifs is 10. The molecule has 7 nitrogen and oxygen atoms in total. The molecule has 68 heavy (non-hydrogen) atoms. The minimum absolute atomic E-state index is 0.239. The maximum absolute atomic E-state index is 8.36. The zero-order valence-corrected chi connectivity index (χ0v) is 46.6. The van der Waals surface area contributed by atoms with E-state index in [0.29, 0.717) is 28.3 Å². The SMILES string of the molecule is CC.CC(C)CCCCC1CCC2C3CC=C4CC(CCNCCONOC5CCC6=CCC7C8CCC(CCCCC(C)C)C8(C)CCC7[C@]6(C)C5)CCC4(C)C3CCC12C.CNC.O=CO. The molecule has 8 aliphatic rings. The number of allylic oxidation sites excluding steroid dienone is 4. The first kappa shape index (κ1) is 57.6. The predicted molar refractivity (Wildman–Crippen MR) is 287 cm³/mol. The third-order valence-corrected chi connectivity index (χ3v) is 21.2. The van der Waals surface area contributed by atoms with Crippen LogP contribution in [-0.2, 0) is 14.5 Å². The van der Waals surface area contributed by atoms with Crippen molar-refractivity contribution >= 4 is 6.47 Å². The van der Waals surface area contributed by atoms with Crippen LogP contribution in [0.3, 0.4) is 0 Å². The van der Waals surface area contributed by atoms with Crippen molar-refractivity contribution in [2.75, 3.05) is 33.8 Å². The Morgan fingerprint density at radius 2 is 1.21 bits per heavy atom. The van der Waals surface area contributed by atoms with E-state index in [1.54, 1.807) is 5.57 Å². The highest BCUT2D eigenvalue weighted by molar-refractivity contribution is 5.32. The molecule has 8 aliphatic carbocycles.